The Hall–Kier alpha value is -2.40. The molecule has 0 bridgehead atoms. The first-order valence-electron chi connectivity index (χ1n) is 8.01. The number of hydrogen-bond donors (Lipinski definition) is 3. The van der Waals surface area contributed by atoms with Gasteiger partial charge in [-0.1, -0.05) is 6.92 Å². The number of phenols is 2. The fourth-order valence-electron chi connectivity index (χ4n) is 3.80. The van der Waals surface area contributed by atoms with Gasteiger partial charge in [0.25, 0.3) is 0 Å². The first kappa shape index (κ1) is 15.1. The summed E-state index contributed by atoms with van der Waals surface area (Å²) in [5, 5.41) is 30.3. The highest BCUT2D eigenvalue weighted by Gasteiger charge is 2.57. The quantitative estimate of drug-likeness (QED) is 0.750. The second kappa shape index (κ2) is 4.80. The van der Waals surface area contributed by atoms with Gasteiger partial charge in [0.05, 0.1) is 6.61 Å². The molecule has 0 amide bonds. The zero-order valence-electron chi connectivity index (χ0n) is 13.8. The third-order valence-electron chi connectivity index (χ3n) is 5.27. The Morgan fingerprint density at radius 3 is 2.29 bits per heavy atom. The van der Waals surface area contributed by atoms with Crippen LogP contribution in [-0.2, 0) is 5.60 Å². The van der Waals surface area contributed by atoms with E-state index in [0.717, 1.165) is 5.56 Å². The molecule has 2 heterocycles. The number of aryl methyl sites for hydroxylation is 2. The van der Waals surface area contributed by atoms with Crippen molar-refractivity contribution >= 4 is 0 Å². The van der Waals surface area contributed by atoms with Crippen LogP contribution in [0.1, 0.15) is 35.1 Å². The molecule has 0 fully saturated rings. The molecule has 0 saturated heterocycles. The molecule has 5 nitrogen and oxygen atoms in total. The minimum absolute atomic E-state index is 0.0951. The maximum Gasteiger partial charge on any atom is 0.197 e. The summed E-state index contributed by atoms with van der Waals surface area (Å²) in [5.41, 5.74) is 1.86. The molecule has 0 aromatic heterocycles. The number of fused-ring (bicyclic) bond motifs is 4. The summed E-state index contributed by atoms with van der Waals surface area (Å²) >= 11 is 0. The van der Waals surface area contributed by atoms with Crippen LogP contribution < -0.4 is 9.47 Å². The highest BCUT2D eigenvalue weighted by Crippen LogP contribution is 2.55. The van der Waals surface area contributed by atoms with Gasteiger partial charge in [0, 0.05) is 17.0 Å². The first-order chi connectivity index (χ1) is 11.4. The lowest BCUT2D eigenvalue weighted by atomic mass is 9.78. The van der Waals surface area contributed by atoms with Gasteiger partial charge in [0.15, 0.2) is 11.7 Å². The molecular weight excluding hydrogens is 308 g/mol. The molecule has 3 atom stereocenters. The molecule has 2 aromatic rings. The molecule has 4 rings (SSSR count). The number of benzene rings is 2. The van der Waals surface area contributed by atoms with Gasteiger partial charge in [-0.3, -0.25) is 0 Å². The third-order valence-corrected chi connectivity index (χ3v) is 5.27. The smallest absolute Gasteiger partial charge is 0.197 e. The number of rotatable bonds is 1. The summed E-state index contributed by atoms with van der Waals surface area (Å²) in [6, 6.07) is 6.86. The van der Waals surface area contributed by atoms with E-state index < -0.39 is 11.7 Å². The average Bonchev–Trinajstić information content (AvgIpc) is 2.85. The second-order valence-electron chi connectivity index (χ2n) is 6.79. The van der Waals surface area contributed by atoms with Crippen molar-refractivity contribution in [2.75, 3.05) is 6.61 Å². The van der Waals surface area contributed by atoms with Gasteiger partial charge in [0.1, 0.15) is 23.0 Å². The molecule has 5 heteroatoms. The SMILES string of the molecule is Cc1cc2c(cc1O)[C@H](C)[C@@H]1Oc3cc(C)c(O)cc3[C@]1(CO)O2. The molecule has 2 aromatic carbocycles. The Morgan fingerprint density at radius 2 is 1.62 bits per heavy atom. The predicted molar refractivity (Wildman–Crippen MR) is 87.9 cm³/mol. The van der Waals surface area contributed by atoms with E-state index >= 15 is 0 Å². The van der Waals surface area contributed by atoms with Crippen LogP contribution in [0.25, 0.3) is 0 Å². The summed E-state index contributed by atoms with van der Waals surface area (Å²) in [7, 11) is 0. The lowest BCUT2D eigenvalue weighted by Gasteiger charge is -2.41. The van der Waals surface area contributed by atoms with Crippen molar-refractivity contribution in [1.82, 2.24) is 0 Å². The number of hydrogen-bond acceptors (Lipinski definition) is 5. The van der Waals surface area contributed by atoms with E-state index in [2.05, 4.69) is 0 Å². The van der Waals surface area contributed by atoms with E-state index in [-0.39, 0.29) is 24.0 Å². The van der Waals surface area contributed by atoms with Crippen LogP contribution in [0.4, 0.5) is 0 Å². The van der Waals surface area contributed by atoms with Crippen LogP contribution in [0.15, 0.2) is 24.3 Å². The van der Waals surface area contributed by atoms with Gasteiger partial charge in [-0.2, -0.15) is 0 Å². The van der Waals surface area contributed by atoms with Gasteiger partial charge >= 0.3 is 0 Å². The summed E-state index contributed by atoms with van der Waals surface area (Å²) < 4.78 is 12.3. The van der Waals surface area contributed by atoms with Crippen LogP contribution in [0.2, 0.25) is 0 Å². The van der Waals surface area contributed by atoms with E-state index in [1.807, 2.05) is 6.92 Å². The fourth-order valence-corrected chi connectivity index (χ4v) is 3.80. The second-order valence-corrected chi connectivity index (χ2v) is 6.79. The summed E-state index contributed by atoms with van der Waals surface area (Å²) in [6.45, 7) is 5.32. The molecule has 2 aliphatic rings. The molecule has 0 unspecified atom stereocenters. The predicted octanol–water partition coefficient (Wildman–Crippen LogP) is 2.86. The van der Waals surface area contributed by atoms with E-state index in [1.165, 1.54) is 0 Å². The maximum atomic E-state index is 10.2. The summed E-state index contributed by atoms with van der Waals surface area (Å²) in [6.07, 6.45) is -0.437. The Bertz CT molecular complexity index is 844. The number of aliphatic hydroxyl groups excluding tert-OH is 1. The van der Waals surface area contributed by atoms with Crippen LogP contribution in [0, 0.1) is 13.8 Å². The fraction of sp³-hybridized carbons (Fsp3) is 0.368. The molecular formula is C19H20O5. The molecule has 0 saturated carbocycles. The summed E-state index contributed by atoms with van der Waals surface area (Å²) in [5.74, 6) is 1.51. The van der Waals surface area contributed by atoms with E-state index in [9.17, 15) is 15.3 Å². The highest BCUT2D eigenvalue weighted by atomic mass is 16.6. The molecule has 24 heavy (non-hydrogen) atoms. The van der Waals surface area contributed by atoms with E-state index in [0.29, 0.717) is 28.2 Å². The standard InChI is InChI=1S/C19H20O5/c1-9-4-16-12(6-14(9)21)11(3)18-19(8-20,24-16)13-7-15(22)10(2)5-17(13)23-18/h4-7,11,18,20-22H,8H2,1-3H3/t11-,18-,19-/m0/s1. The summed E-state index contributed by atoms with van der Waals surface area (Å²) in [4.78, 5) is 0. The largest absolute Gasteiger partial charge is 0.508 e. The molecule has 126 valence electrons. The minimum Gasteiger partial charge on any atom is -0.508 e. The monoisotopic (exact) mass is 328 g/mol. The lowest BCUT2D eigenvalue weighted by molar-refractivity contribution is -0.0778. The van der Waals surface area contributed by atoms with E-state index in [4.69, 9.17) is 9.47 Å². The molecule has 3 N–H and O–H groups in total. The van der Waals surface area contributed by atoms with Gasteiger partial charge in [-0.25, -0.2) is 0 Å². The normalized spacial score (nSPS) is 26.8. The van der Waals surface area contributed by atoms with Gasteiger partial charge < -0.3 is 24.8 Å². The third kappa shape index (κ3) is 1.79. The zero-order valence-corrected chi connectivity index (χ0v) is 13.8. The number of aliphatic hydroxyl groups is 1. The van der Waals surface area contributed by atoms with Crippen LogP contribution in [0.5, 0.6) is 23.0 Å². The Kier molecular flexibility index (Phi) is 3.03. The Balaban J connectivity index is 1.93. The van der Waals surface area contributed by atoms with Crippen molar-refractivity contribution in [2.45, 2.75) is 38.4 Å². The Labute approximate surface area is 140 Å². The number of phenolic OH excluding ortho intramolecular Hbond substituents is 2. The minimum atomic E-state index is -1.06. The Morgan fingerprint density at radius 1 is 1.00 bits per heavy atom. The number of aromatic hydroxyl groups is 2. The maximum absolute atomic E-state index is 10.2. The van der Waals surface area contributed by atoms with Crippen molar-refractivity contribution in [3.63, 3.8) is 0 Å². The van der Waals surface area contributed by atoms with Crippen LogP contribution >= 0.6 is 0 Å². The lowest BCUT2D eigenvalue weighted by Crippen LogP contribution is -2.51. The van der Waals surface area contributed by atoms with Gasteiger partial charge in [-0.05, 0) is 49.2 Å². The molecule has 0 radical (unpaired) electrons. The van der Waals surface area contributed by atoms with Crippen molar-refractivity contribution in [1.29, 1.82) is 0 Å². The van der Waals surface area contributed by atoms with Gasteiger partial charge in [0.2, 0.25) is 0 Å². The topological polar surface area (TPSA) is 79.2 Å². The van der Waals surface area contributed by atoms with Gasteiger partial charge in [-0.15, -0.1) is 0 Å². The van der Waals surface area contributed by atoms with E-state index in [1.54, 1.807) is 38.1 Å². The average molecular weight is 328 g/mol. The van der Waals surface area contributed by atoms with Crippen molar-refractivity contribution in [2.24, 2.45) is 0 Å². The highest BCUT2D eigenvalue weighted by molar-refractivity contribution is 5.56. The molecule has 0 spiro atoms. The van der Waals surface area contributed by atoms with Crippen molar-refractivity contribution in [3.8, 4) is 23.0 Å². The van der Waals surface area contributed by atoms with Crippen molar-refractivity contribution in [3.05, 3.63) is 46.5 Å². The zero-order chi connectivity index (χ0) is 17.2. The molecule has 2 aliphatic heterocycles. The first-order valence-corrected chi connectivity index (χ1v) is 8.01. The van der Waals surface area contributed by atoms with Crippen LogP contribution in [0.3, 0.4) is 0 Å². The molecule has 0 aliphatic carbocycles. The van der Waals surface area contributed by atoms with Crippen LogP contribution in [-0.4, -0.2) is 28.0 Å². The number of ether oxygens (including phenoxy) is 2. The van der Waals surface area contributed by atoms with Crippen molar-refractivity contribution < 1.29 is 24.8 Å².